The van der Waals surface area contributed by atoms with Crippen LogP contribution in [0.4, 0.5) is 10.5 Å². The number of rotatable bonds is 27. The van der Waals surface area contributed by atoms with Crippen LogP contribution in [0.5, 0.6) is 5.75 Å². The van der Waals surface area contributed by atoms with Gasteiger partial charge < -0.3 is 39.8 Å². The largest absolute Gasteiger partial charge is 0.491 e. The zero-order valence-corrected chi connectivity index (χ0v) is 43.1. The number of nitrogens with one attached hydrogen (secondary N) is 3. The lowest BCUT2D eigenvalue weighted by Crippen LogP contribution is -2.36. The van der Waals surface area contributed by atoms with Crippen molar-refractivity contribution in [1.29, 1.82) is 0 Å². The van der Waals surface area contributed by atoms with Crippen LogP contribution < -0.4 is 20.7 Å². The van der Waals surface area contributed by atoms with Crippen molar-refractivity contribution >= 4 is 62.8 Å². The van der Waals surface area contributed by atoms with Gasteiger partial charge in [-0.15, -0.1) is 0 Å². The molecule has 2 aliphatic heterocycles. The first-order valence-corrected chi connectivity index (χ1v) is 26.1. The fourth-order valence-corrected chi connectivity index (χ4v) is 9.85. The molecule has 3 aliphatic rings. The predicted octanol–water partition coefficient (Wildman–Crippen LogP) is 3.69. The van der Waals surface area contributed by atoms with Crippen LogP contribution in [0.2, 0.25) is 0 Å². The Morgan fingerprint density at radius 2 is 1.56 bits per heavy atom. The van der Waals surface area contributed by atoms with Crippen molar-refractivity contribution in [2.45, 2.75) is 89.6 Å². The van der Waals surface area contributed by atoms with Crippen LogP contribution in [0, 0.1) is 27.9 Å². The molecule has 3 N–H and O–H groups in total. The number of nitro benzene ring substituents is 1. The molecule has 400 valence electrons. The summed E-state index contributed by atoms with van der Waals surface area (Å²) < 4.78 is 50.1. The average molecular weight is 1040 g/mol. The van der Waals surface area contributed by atoms with Gasteiger partial charge in [-0.1, -0.05) is 6.92 Å². The van der Waals surface area contributed by atoms with Gasteiger partial charge in [0.15, 0.2) is 4.90 Å². The van der Waals surface area contributed by atoms with E-state index >= 15 is 0 Å². The minimum absolute atomic E-state index is 0.0685. The van der Waals surface area contributed by atoms with Crippen LogP contribution in [0.25, 0.3) is 0 Å². The van der Waals surface area contributed by atoms with E-state index in [-0.39, 0.29) is 112 Å². The van der Waals surface area contributed by atoms with Gasteiger partial charge in [0.25, 0.3) is 11.6 Å². The van der Waals surface area contributed by atoms with Crippen LogP contribution in [0.1, 0.15) is 94.5 Å². The van der Waals surface area contributed by atoms with Crippen molar-refractivity contribution in [2.24, 2.45) is 28.0 Å². The fraction of sp³-hybridized carbons (Fsp3) is 0.592. The molecule has 5 rings (SSSR count). The Labute approximate surface area is 426 Å². The van der Waals surface area contributed by atoms with Crippen molar-refractivity contribution < 1.29 is 61.1 Å². The normalized spacial score (nSPS) is 19.0. The topological polar surface area (TPSA) is 287 Å². The Kier molecular flexibility index (Phi) is 22.2. The van der Waals surface area contributed by atoms with Gasteiger partial charge in [-0.25, -0.2) is 13.2 Å². The van der Waals surface area contributed by atoms with Crippen molar-refractivity contribution in [3.8, 4) is 5.75 Å². The average Bonchev–Trinajstić information content (AvgIpc) is 3.60. The molecule has 0 aromatic heterocycles. The highest BCUT2D eigenvalue weighted by atomic mass is 32.2. The molecular formula is C49H69N9O14S. The van der Waals surface area contributed by atoms with E-state index in [1.165, 1.54) is 32.0 Å². The zero-order valence-electron chi connectivity index (χ0n) is 42.3. The van der Waals surface area contributed by atoms with Crippen LogP contribution in [0.15, 0.2) is 57.6 Å². The van der Waals surface area contributed by atoms with Gasteiger partial charge in [0.05, 0.1) is 23.8 Å². The van der Waals surface area contributed by atoms with E-state index in [0.29, 0.717) is 51.3 Å². The highest BCUT2D eigenvalue weighted by Crippen LogP contribution is 2.36. The molecule has 4 unspecified atom stereocenters. The smallest absolute Gasteiger partial charge is 0.407 e. The summed E-state index contributed by atoms with van der Waals surface area (Å²) in [5.74, 6) is -1.01. The number of sulfonamides is 1. The lowest BCUT2D eigenvalue weighted by molar-refractivity contribution is -0.387. The van der Waals surface area contributed by atoms with Crippen LogP contribution in [-0.2, 0) is 43.4 Å². The van der Waals surface area contributed by atoms with Gasteiger partial charge in [-0.05, 0) is 93.8 Å². The molecule has 73 heavy (non-hydrogen) atoms. The number of nitro groups is 1. The number of imide groups is 1. The molecule has 2 aromatic carbocycles. The summed E-state index contributed by atoms with van der Waals surface area (Å²) in [6.07, 6.45) is 4.67. The molecule has 1 saturated carbocycles. The number of ether oxygens (including phenoxy) is 4. The molecule has 0 spiro atoms. The molecule has 6 amide bonds. The van der Waals surface area contributed by atoms with Gasteiger partial charge in [-0.3, -0.25) is 39.0 Å². The molecule has 1 aliphatic carbocycles. The van der Waals surface area contributed by atoms with E-state index in [4.69, 9.17) is 18.9 Å². The van der Waals surface area contributed by atoms with Gasteiger partial charge >= 0.3 is 6.09 Å². The minimum Gasteiger partial charge on any atom is -0.491 e. The third-order valence-electron chi connectivity index (χ3n) is 12.9. The SMILES string of the molecule is CC(=O)N(C)CCN(C)S(=O)(=O)c1ccc(C(=O)NCCOCCOc2ccc(C3=NN=C(C)C4CCC(OC(=O)NCCCOCCCNC(=O)CCN5C(=O)CC(C)C5=O)CCCC34)cc2)cc1[N+](=O)[O-]. The quantitative estimate of drug-likeness (QED) is 0.0498. The zero-order chi connectivity index (χ0) is 53.1. The predicted molar refractivity (Wildman–Crippen MR) is 267 cm³/mol. The molecule has 24 heteroatoms. The number of fused-ring (bicyclic) bond motifs is 1. The van der Waals surface area contributed by atoms with Crippen molar-refractivity contribution in [3.05, 3.63) is 63.7 Å². The highest BCUT2D eigenvalue weighted by molar-refractivity contribution is 7.89. The summed E-state index contributed by atoms with van der Waals surface area (Å²) in [5.41, 5.74) is 1.95. The summed E-state index contributed by atoms with van der Waals surface area (Å²) >= 11 is 0. The number of likely N-dealkylation sites (N-methyl/N-ethyl adjacent to an activating group) is 2. The van der Waals surface area contributed by atoms with Gasteiger partial charge in [0.2, 0.25) is 33.7 Å². The molecular weight excluding hydrogens is 971 g/mol. The van der Waals surface area contributed by atoms with Crippen LogP contribution in [0.3, 0.4) is 0 Å². The van der Waals surface area contributed by atoms with Crippen LogP contribution >= 0.6 is 0 Å². The van der Waals surface area contributed by atoms with E-state index in [0.717, 1.165) is 64.0 Å². The summed E-state index contributed by atoms with van der Waals surface area (Å²) in [6, 6.07) is 10.7. The molecule has 0 bridgehead atoms. The Morgan fingerprint density at radius 1 is 0.849 bits per heavy atom. The monoisotopic (exact) mass is 1040 g/mol. The molecule has 1 saturated heterocycles. The van der Waals surface area contributed by atoms with E-state index in [2.05, 4.69) is 26.2 Å². The third kappa shape index (κ3) is 17.1. The Bertz CT molecular complexity index is 2450. The molecule has 0 radical (unpaired) electrons. The Hall–Kier alpha value is -6.37. The van der Waals surface area contributed by atoms with Crippen LogP contribution in [-0.4, -0.2) is 167 Å². The maximum atomic E-state index is 13.1. The number of likely N-dealkylation sites (tertiary alicyclic amines) is 1. The summed E-state index contributed by atoms with van der Waals surface area (Å²) in [7, 11) is -1.54. The first kappa shape index (κ1) is 57.5. The number of amides is 6. The second kappa shape index (κ2) is 28.2. The summed E-state index contributed by atoms with van der Waals surface area (Å²) in [5, 5.41) is 29.2. The van der Waals surface area contributed by atoms with E-state index in [1.807, 2.05) is 31.2 Å². The first-order chi connectivity index (χ1) is 34.9. The molecule has 2 heterocycles. The fourth-order valence-electron chi connectivity index (χ4n) is 8.56. The number of hydrogen-bond acceptors (Lipinski definition) is 16. The first-order valence-electron chi connectivity index (χ1n) is 24.7. The highest BCUT2D eigenvalue weighted by Gasteiger charge is 2.37. The maximum Gasteiger partial charge on any atom is 0.407 e. The van der Waals surface area contributed by atoms with E-state index in [9.17, 15) is 47.3 Å². The molecule has 23 nitrogen and oxygen atoms in total. The van der Waals surface area contributed by atoms with Crippen molar-refractivity contribution in [2.75, 3.05) is 86.4 Å². The Balaban J connectivity index is 0.937. The lowest BCUT2D eigenvalue weighted by atomic mass is 9.74. The lowest BCUT2D eigenvalue weighted by Gasteiger charge is -2.34. The number of carbonyl (C=O) groups excluding carboxylic acids is 6. The van der Waals surface area contributed by atoms with Gasteiger partial charge in [0.1, 0.15) is 18.5 Å². The van der Waals surface area contributed by atoms with E-state index in [1.54, 1.807) is 6.92 Å². The second-order valence-corrected chi connectivity index (χ2v) is 20.3. The van der Waals surface area contributed by atoms with E-state index < -0.39 is 37.5 Å². The molecule has 2 fully saturated rings. The van der Waals surface area contributed by atoms with Gasteiger partial charge in [0, 0.05) is 121 Å². The standard InChI is InChI=1S/C49H69N9O14S/c1-33-31-45(61)57(48(33)63)23-19-44(60)50-20-7-26-69-27-8-21-52-49(64)72-39-9-6-10-41-40(17-16-39)34(2)53-54-46(41)36-11-14-38(15-12-36)71-30-29-70-28-22-51-47(62)37-13-18-43(42(32-37)58(65)66)73(67,68)56(5)25-24-55(4)35(3)59/h11-15,18,32-33,39-41H,6-10,16-17,19-31H2,1-5H3,(H,50,60)(H,51,62)(H,52,64). The molecule has 2 aromatic rings. The number of nitrogens with zero attached hydrogens (tertiary/aromatic N) is 6. The number of hydrogen-bond donors (Lipinski definition) is 3. The maximum absolute atomic E-state index is 13.1. The number of benzene rings is 2. The Morgan fingerprint density at radius 3 is 2.25 bits per heavy atom. The third-order valence-corrected chi connectivity index (χ3v) is 14.8. The number of alkyl carbamates (subject to hydrolysis) is 1. The van der Waals surface area contributed by atoms with Gasteiger partial charge in [-0.2, -0.15) is 14.5 Å². The minimum atomic E-state index is -4.31. The second-order valence-electron chi connectivity index (χ2n) is 18.3. The number of carbonyl (C=O) groups is 6. The summed E-state index contributed by atoms with van der Waals surface area (Å²) in [6.45, 7) is 7.41. The van der Waals surface area contributed by atoms with Crippen molar-refractivity contribution in [3.63, 3.8) is 0 Å². The summed E-state index contributed by atoms with van der Waals surface area (Å²) in [4.78, 5) is 85.9. The molecule has 4 atom stereocenters. The van der Waals surface area contributed by atoms with Crippen molar-refractivity contribution in [1.82, 2.24) is 30.1 Å².